The van der Waals surface area contributed by atoms with Crippen molar-refractivity contribution >= 4 is 6.29 Å². The molecule has 0 aromatic carbocycles. The lowest BCUT2D eigenvalue weighted by molar-refractivity contribution is 0.112. The second kappa shape index (κ2) is 4.61. The number of aldehydes is 1. The lowest BCUT2D eigenvalue weighted by atomic mass is 10.3. The van der Waals surface area contributed by atoms with Gasteiger partial charge in [-0.15, -0.1) is 0 Å². The molecule has 0 aliphatic rings. The Kier molecular flexibility index (Phi) is 3.00. The summed E-state index contributed by atoms with van der Waals surface area (Å²) in [6.07, 6.45) is 4.47. The summed E-state index contributed by atoms with van der Waals surface area (Å²) in [6, 6.07) is 7.39. The molecule has 0 aliphatic carbocycles. The highest BCUT2D eigenvalue weighted by molar-refractivity contribution is 5.74. The number of carbonyl (C=O) groups is 1. The molecule has 16 heavy (non-hydrogen) atoms. The quantitative estimate of drug-likeness (QED) is 0.731. The van der Waals surface area contributed by atoms with Gasteiger partial charge < -0.3 is 9.30 Å². The fraction of sp³-hybridized carbons (Fsp3) is 0.167. The normalized spacial score (nSPS) is 10.1. The van der Waals surface area contributed by atoms with Crippen molar-refractivity contribution in [1.29, 1.82) is 0 Å². The van der Waals surface area contributed by atoms with Gasteiger partial charge >= 0.3 is 0 Å². The third-order valence-electron chi connectivity index (χ3n) is 2.24. The molecule has 0 atom stereocenters. The first-order chi connectivity index (χ1) is 7.81. The topological polar surface area (TPSA) is 44.1 Å². The summed E-state index contributed by atoms with van der Waals surface area (Å²) < 4.78 is 6.95. The summed E-state index contributed by atoms with van der Waals surface area (Å²) in [5, 5.41) is 0. The van der Waals surface area contributed by atoms with Crippen LogP contribution in [0, 0.1) is 0 Å². The van der Waals surface area contributed by atoms with Gasteiger partial charge in [-0.1, -0.05) is 6.07 Å². The maximum Gasteiger partial charge on any atom is 0.213 e. The Morgan fingerprint density at radius 3 is 3.00 bits per heavy atom. The highest BCUT2D eigenvalue weighted by Crippen LogP contribution is 2.08. The molecule has 2 heterocycles. The van der Waals surface area contributed by atoms with Gasteiger partial charge in [-0.2, -0.15) is 0 Å². The summed E-state index contributed by atoms with van der Waals surface area (Å²) in [5.41, 5.74) is 1.57. The van der Waals surface area contributed by atoms with Crippen LogP contribution < -0.4 is 4.74 Å². The zero-order chi connectivity index (χ0) is 11.4. The summed E-state index contributed by atoms with van der Waals surface area (Å²) in [6.45, 7) is 0.630. The second-order valence-electron chi connectivity index (χ2n) is 3.41. The zero-order valence-electron chi connectivity index (χ0n) is 8.96. The van der Waals surface area contributed by atoms with Crippen molar-refractivity contribution in [3.63, 3.8) is 0 Å². The van der Waals surface area contributed by atoms with Crippen LogP contribution in [-0.2, 0) is 6.54 Å². The molecule has 0 aliphatic heterocycles. The third-order valence-corrected chi connectivity index (χ3v) is 2.24. The monoisotopic (exact) mass is 216 g/mol. The van der Waals surface area contributed by atoms with Gasteiger partial charge in [0.05, 0.1) is 19.3 Å². The molecule has 0 saturated heterocycles. The summed E-state index contributed by atoms with van der Waals surface area (Å²) in [7, 11) is 1.59. The summed E-state index contributed by atoms with van der Waals surface area (Å²) >= 11 is 0. The van der Waals surface area contributed by atoms with Crippen molar-refractivity contribution in [3.8, 4) is 5.88 Å². The minimum atomic E-state index is 0.597. The van der Waals surface area contributed by atoms with E-state index in [4.69, 9.17) is 4.74 Å². The van der Waals surface area contributed by atoms with E-state index in [1.54, 1.807) is 25.4 Å². The molecule has 0 fully saturated rings. The number of hydrogen-bond donors (Lipinski definition) is 0. The number of ether oxygens (including phenoxy) is 1. The molecule has 0 unspecified atom stereocenters. The maximum absolute atomic E-state index is 10.5. The number of hydrogen-bond acceptors (Lipinski definition) is 3. The Morgan fingerprint density at radius 1 is 1.44 bits per heavy atom. The Morgan fingerprint density at radius 2 is 2.31 bits per heavy atom. The minimum absolute atomic E-state index is 0.597. The highest BCUT2D eigenvalue weighted by atomic mass is 16.5. The molecule has 0 saturated carbocycles. The van der Waals surface area contributed by atoms with Crippen molar-refractivity contribution in [2.45, 2.75) is 6.54 Å². The van der Waals surface area contributed by atoms with E-state index in [0.717, 1.165) is 12.0 Å². The van der Waals surface area contributed by atoms with Crippen LogP contribution in [0.2, 0.25) is 0 Å². The van der Waals surface area contributed by atoms with E-state index >= 15 is 0 Å². The van der Waals surface area contributed by atoms with Crippen LogP contribution in [0.5, 0.6) is 5.88 Å². The van der Waals surface area contributed by atoms with E-state index in [-0.39, 0.29) is 0 Å². The predicted octanol–water partition coefficient (Wildman–Crippen LogP) is 1.75. The Hall–Kier alpha value is -2.10. The van der Waals surface area contributed by atoms with E-state index < -0.39 is 0 Å². The molecule has 0 radical (unpaired) electrons. The Bertz CT molecular complexity index is 491. The van der Waals surface area contributed by atoms with Gasteiger partial charge in [-0.25, -0.2) is 4.98 Å². The lowest BCUT2D eigenvalue weighted by Crippen LogP contribution is -2.00. The molecule has 2 rings (SSSR count). The van der Waals surface area contributed by atoms with Gasteiger partial charge in [0.1, 0.15) is 0 Å². The average Bonchev–Trinajstić information content (AvgIpc) is 2.77. The maximum atomic E-state index is 10.5. The number of nitrogens with zero attached hydrogens (tertiary/aromatic N) is 2. The second-order valence-corrected chi connectivity index (χ2v) is 3.41. The van der Waals surface area contributed by atoms with Gasteiger partial charge in [-0.05, 0) is 12.1 Å². The van der Waals surface area contributed by atoms with Crippen molar-refractivity contribution in [2.24, 2.45) is 0 Å². The molecule has 0 bridgehead atoms. The summed E-state index contributed by atoms with van der Waals surface area (Å²) in [5.74, 6) is 0.597. The standard InChI is InChI=1S/C12H12N2O2/c1-16-12-4-2-3-11(13-12)8-14-6-5-10(7-14)9-15/h2-7,9H,8H2,1H3. The number of pyridine rings is 1. The first-order valence-corrected chi connectivity index (χ1v) is 4.92. The van der Waals surface area contributed by atoms with E-state index in [9.17, 15) is 4.79 Å². The number of rotatable bonds is 4. The molecule has 82 valence electrons. The van der Waals surface area contributed by atoms with E-state index in [2.05, 4.69) is 4.98 Å². The molecule has 4 nitrogen and oxygen atoms in total. The predicted molar refractivity (Wildman–Crippen MR) is 59.7 cm³/mol. The Labute approximate surface area is 93.5 Å². The Balaban J connectivity index is 2.16. The first kappa shape index (κ1) is 10.4. The van der Waals surface area contributed by atoms with Crippen molar-refractivity contribution < 1.29 is 9.53 Å². The SMILES string of the molecule is COc1cccc(Cn2ccc(C=O)c2)n1. The molecule has 0 amide bonds. The third kappa shape index (κ3) is 2.28. The molecule has 0 N–H and O–H groups in total. The van der Waals surface area contributed by atoms with Gasteiger partial charge in [-0.3, -0.25) is 4.79 Å². The van der Waals surface area contributed by atoms with Gasteiger partial charge in [0.2, 0.25) is 5.88 Å². The fourth-order valence-corrected chi connectivity index (χ4v) is 1.47. The van der Waals surface area contributed by atoms with Crippen molar-refractivity contribution in [3.05, 3.63) is 47.9 Å². The number of methoxy groups -OCH3 is 1. The van der Waals surface area contributed by atoms with E-state index in [1.165, 1.54) is 0 Å². The molecule has 2 aromatic rings. The van der Waals surface area contributed by atoms with Gasteiger partial charge in [0.25, 0.3) is 0 Å². The van der Waals surface area contributed by atoms with Crippen LogP contribution in [0.15, 0.2) is 36.7 Å². The molecule has 4 heteroatoms. The van der Waals surface area contributed by atoms with E-state index in [1.807, 2.05) is 22.9 Å². The molecular weight excluding hydrogens is 204 g/mol. The minimum Gasteiger partial charge on any atom is -0.481 e. The largest absolute Gasteiger partial charge is 0.481 e. The van der Waals surface area contributed by atoms with Crippen molar-refractivity contribution in [2.75, 3.05) is 7.11 Å². The molecule has 0 spiro atoms. The van der Waals surface area contributed by atoms with Gasteiger partial charge in [0, 0.05) is 24.0 Å². The van der Waals surface area contributed by atoms with Crippen molar-refractivity contribution in [1.82, 2.24) is 9.55 Å². The van der Waals surface area contributed by atoms with Crippen LogP contribution in [0.4, 0.5) is 0 Å². The van der Waals surface area contributed by atoms with E-state index in [0.29, 0.717) is 18.0 Å². The van der Waals surface area contributed by atoms with Crippen LogP contribution in [-0.4, -0.2) is 22.9 Å². The van der Waals surface area contributed by atoms with Gasteiger partial charge in [0.15, 0.2) is 6.29 Å². The first-order valence-electron chi connectivity index (χ1n) is 4.92. The summed E-state index contributed by atoms with van der Waals surface area (Å²) in [4.78, 5) is 14.8. The molecule has 2 aromatic heterocycles. The lowest BCUT2D eigenvalue weighted by Gasteiger charge is -2.04. The van der Waals surface area contributed by atoms with Crippen LogP contribution >= 0.6 is 0 Å². The average molecular weight is 216 g/mol. The highest BCUT2D eigenvalue weighted by Gasteiger charge is 2.00. The van der Waals surface area contributed by atoms with Crippen LogP contribution in [0.1, 0.15) is 16.1 Å². The fourth-order valence-electron chi connectivity index (χ4n) is 1.47. The molecular formula is C12H12N2O2. The van der Waals surface area contributed by atoms with Crippen LogP contribution in [0.25, 0.3) is 0 Å². The zero-order valence-corrected chi connectivity index (χ0v) is 8.96. The number of carbonyl (C=O) groups excluding carboxylic acids is 1. The smallest absolute Gasteiger partial charge is 0.213 e. The van der Waals surface area contributed by atoms with Crippen LogP contribution in [0.3, 0.4) is 0 Å². The number of aromatic nitrogens is 2.